The number of fused-ring (bicyclic) bond motifs is 1. The molecule has 4 rings (SSSR count). The summed E-state index contributed by atoms with van der Waals surface area (Å²) in [6.07, 6.45) is 0.792. The van der Waals surface area contributed by atoms with E-state index in [9.17, 15) is 9.59 Å². The molecule has 0 spiro atoms. The lowest BCUT2D eigenvalue weighted by Gasteiger charge is -2.54. The van der Waals surface area contributed by atoms with E-state index in [4.69, 9.17) is 16.3 Å². The molecule has 7 heteroatoms. The summed E-state index contributed by atoms with van der Waals surface area (Å²) in [5.41, 5.74) is 1.80. The maximum atomic E-state index is 13.1. The summed E-state index contributed by atoms with van der Waals surface area (Å²) in [6.45, 7) is 1.15. The third-order valence-electron chi connectivity index (χ3n) is 5.06. The highest BCUT2D eigenvalue weighted by molar-refractivity contribution is 8.00. The monoisotopic (exact) mass is 416 g/mol. The average Bonchev–Trinajstić information content (AvgIpc) is 2.73. The first-order chi connectivity index (χ1) is 13.6. The van der Waals surface area contributed by atoms with E-state index >= 15 is 0 Å². The van der Waals surface area contributed by atoms with Crippen molar-refractivity contribution in [1.29, 1.82) is 0 Å². The maximum Gasteiger partial charge on any atom is 0.412 e. The number of thioether (sulfide) groups is 1. The zero-order valence-electron chi connectivity index (χ0n) is 15.3. The van der Waals surface area contributed by atoms with Crippen LogP contribution in [0.4, 0.5) is 4.79 Å². The summed E-state index contributed by atoms with van der Waals surface area (Å²) in [6, 6.07) is 17.0. The molecule has 2 heterocycles. The standard InChI is InChI=1S/C21H21ClN2O3S/c22-18-9-7-17(8-10-18)21-23(12-4-14-28-21)19(25)11-13-24(21)20(26)27-15-16-5-2-1-3-6-16/h1-3,5-10H,4,11-15H2. The van der Waals surface area contributed by atoms with E-state index in [0.29, 0.717) is 24.5 Å². The molecule has 28 heavy (non-hydrogen) atoms. The smallest absolute Gasteiger partial charge is 0.412 e. The first-order valence-electron chi connectivity index (χ1n) is 9.30. The molecule has 2 aliphatic rings. The van der Waals surface area contributed by atoms with Gasteiger partial charge in [-0.15, -0.1) is 11.8 Å². The van der Waals surface area contributed by atoms with Gasteiger partial charge in [0.05, 0.1) is 0 Å². The molecule has 146 valence electrons. The number of nitrogens with zero attached hydrogens (tertiary/aromatic N) is 2. The van der Waals surface area contributed by atoms with Crippen molar-refractivity contribution in [3.8, 4) is 0 Å². The Bertz CT molecular complexity index is 862. The lowest BCUT2D eigenvalue weighted by Crippen LogP contribution is -2.65. The van der Waals surface area contributed by atoms with Crippen LogP contribution in [-0.4, -0.2) is 40.6 Å². The van der Waals surface area contributed by atoms with E-state index in [-0.39, 0.29) is 12.5 Å². The largest absolute Gasteiger partial charge is 0.444 e. The van der Waals surface area contributed by atoms with Crippen LogP contribution in [0.5, 0.6) is 0 Å². The third-order valence-corrected chi connectivity index (χ3v) is 6.88. The highest BCUT2D eigenvalue weighted by Crippen LogP contribution is 2.49. The lowest BCUT2D eigenvalue weighted by molar-refractivity contribution is -0.147. The second-order valence-corrected chi connectivity index (χ2v) is 8.51. The van der Waals surface area contributed by atoms with Crippen LogP contribution in [0.2, 0.25) is 5.02 Å². The SMILES string of the molecule is O=C1CCN(C(=O)OCc2ccccc2)C2(c3ccc(Cl)cc3)SCCCN12. The van der Waals surface area contributed by atoms with Crippen molar-refractivity contribution in [2.75, 3.05) is 18.8 Å². The second-order valence-electron chi connectivity index (χ2n) is 6.80. The van der Waals surface area contributed by atoms with Crippen molar-refractivity contribution < 1.29 is 14.3 Å². The Kier molecular flexibility index (Phi) is 5.51. The summed E-state index contributed by atoms with van der Waals surface area (Å²) < 4.78 is 5.63. The van der Waals surface area contributed by atoms with E-state index < -0.39 is 11.1 Å². The molecule has 0 N–H and O–H groups in total. The minimum Gasteiger partial charge on any atom is -0.444 e. The van der Waals surface area contributed by atoms with Crippen LogP contribution in [0.3, 0.4) is 0 Å². The van der Waals surface area contributed by atoms with Gasteiger partial charge in [0.2, 0.25) is 5.91 Å². The molecule has 2 amide bonds. The van der Waals surface area contributed by atoms with Gasteiger partial charge in [0, 0.05) is 30.1 Å². The molecule has 2 saturated heterocycles. The third kappa shape index (κ3) is 3.47. The molecule has 2 aromatic rings. The first-order valence-corrected chi connectivity index (χ1v) is 10.7. The lowest BCUT2D eigenvalue weighted by atomic mass is 10.1. The van der Waals surface area contributed by atoms with Crippen molar-refractivity contribution in [3.05, 3.63) is 70.7 Å². The summed E-state index contributed by atoms with van der Waals surface area (Å²) >= 11 is 7.68. The van der Waals surface area contributed by atoms with Crippen LogP contribution in [0.25, 0.3) is 0 Å². The molecular weight excluding hydrogens is 396 g/mol. The molecule has 2 aromatic carbocycles. The molecular formula is C21H21ClN2O3S. The van der Waals surface area contributed by atoms with E-state index in [2.05, 4.69) is 0 Å². The van der Waals surface area contributed by atoms with Gasteiger partial charge in [0.15, 0.2) is 4.99 Å². The summed E-state index contributed by atoms with van der Waals surface area (Å²) in [7, 11) is 0. The van der Waals surface area contributed by atoms with Crippen LogP contribution in [-0.2, 0) is 21.1 Å². The number of benzene rings is 2. The average molecular weight is 417 g/mol. The molecule has 0 aromatic heterocycles. The minimum atomic E-state index is -0.883. The molecule has 5 nitrogen and oxygen atoms in total. The van der Waals surface area contributed by atoms with E-state index in [1.165, 1.54) is 0 Å². The Morgan fingerprint density at radius 1 is 1.11 bits per heavy atom. The Hall–Kier alpha value is -2.18. The molecule has 0 radical (unpaired) electrons. The molecule has 2 aliphatic heterocycles. The van der Waals surface area contributed by atoms with E-state index in [0.717, 1.165) is 23.3 Å². The van der Waals surface area contributed by atoms with Gasteiger partial charge in [0.1, 0.15) is 6.61 Å². The second kappa shape index (κ2) is 8.05. The van der Waals surface area contributed by atoms with Gasteiger partial charge in [-0.2, -0.15) is 0 Å². The normalized spacial score (nSPS) is 22.0. The summed E-state index contributed by atoms with van der Waals surface area (Å²) in [5, 5.41) is 0.618. The van der Waals surface area contributed by atoms with Crippen LogP contribution in [0, 0.1) is 0 Å². The molecule has 0 aliphatic carbocycles. The molecule has 1 atom stereocenters. The molecule has 0 bridgehead atoms. The quantitative estimate of drug-likeness (QED) is 0.741. The van der Waals surface area contributed by atoms with Crippen molar-refractivity contribution in [3.63, 3.8) is 0 Å². The number of hydrogen-bond donors (Lipinski definition) is 0. The number of rotatable bonds is 3. The fraction of sp³-hybridized carbons (Fsp3) is 0.333. The van der Waals surface area contributed by atoms with Crippen LogP contribution in [0.15, 0.2) is 54.6 Å². The first kappa shape index (κ1) is 19.2. The van der Waals surface area contributed by atoms with Gasteiger partial charge < -0.3 is 9.64 Å². The van der Waals surface area contributed by atoms with Crippen LogP contribution < -0.4 is 0 Å². The zero-order chi connectivity index (χ0) is 19.6. The number of amides is 2. The van der Waals surface area contributed by atoms with Gasteiger partial charge in [-0.3, -0.25) is 9.69 Å². The van der Waals surface area contributed by atoms with Gasteiger partial charge in [0.25, 0.3) is 0 Å². The zero-order valence-corrected chi connectivity index (χ0v) is 16.9. The fourth-order valence-corrected chi connectivity index (χ4v) is 5.41. The fourth-order valence-electron chi connectivity index (χ4n) is 3.75. The van der Waals surface area contributed by atoms with E-state index in [1.807, 2.05) is 47.4 Å². The van der Waals surface area contributed by atoms with Crippen molar-refractivity contribution >= 4 is 35.4 Å². The topological polar surface area (TPSA) is 49.9 Å². The summed E-state index contributed by atoms with van der Waals surface area (Å²) in [4.78, 5) is 28.5. The minimum absolute atomic E-state index is 0.0641. The van der Waals surface area contributed by atoms with Crippen LogP contribution in [0.1, 0.15) is 24.0 Å². The number of ether oxygens (including phenoxy) is 1. The van der Waals surface area contributed by atoms with Gasteiger partial charge in [-0.1, -0.05) is 54.1 Å². The Morgan fingerprint density at radius 3 is 2.61 bits per heavy atom. The van der Waals surface area contributed by atoms with Crippen molar-refractivity contribution in [2.24, 2.45) is 0 Å². The number of carbonyl (C=O) groups is 2. The van der Waals surface area contributed by atoms with Gasteiger partial charge in [-0.05, 0) is 29.9 Å². The number of hydrogen-bond acceptors (Lipinski definition) is 4. The Morgan fingerprint density at radius 2 is 1.86 bits per heavy atom. The number of carbonyl (C=O) groups excluding carboxylic acids is 2. The van der Waals surface area contributed by atoms with Crippen molar-refractivity contribution in [2.45, 2.75) is 24.4 Å². The van der Waals surface area contributed by atoms with Crippen LogP contribution >= 0.6 is 23.4 Å². The van der Waals surface area contributed by atoms with Crippen molar-refractivity contribution in [1.82, 2.24) is 9.80 Å². The molecule has 0 saturated carbocycles. The highest BCUT2D eigenvalue weighted by atomic mass is 35.5. The predicted molar refractivity (Wildman–Crippen MR) is 110 cm³/mol. The number of halogens is 1. The van der Waals surface area contributed by atoms with Gasteiger partial charge in [-0.25, -0.2) is 4.79 Å². The molecule has 1 unspecified atom stereocenters. The predicted octanol–water partition coefficient (Wildman–Crippen LogP) is 4.46. The van der Waals surface area contributed by atoms with Gasteiger partial charge >= 0.3 is 6.09 Å². The Balaban J connectivity index is 1.66. The molecule has 2 fully saturated rings. The van der Waals surface area contributed by atoms with E-state index in [1.54, 1.807) is 28.8 Å². The maximum absolute atomic E-state index is 13.1. The summed E-state index contributed by atoms with van der Waals surface area (Å²) in [5.74, 6) is 0.920. The Labute approximate surface area is 173 Å². The highest BCUT2D eigenvalue weighted by Gasteiger charge is 2.53.